The number of hydrogen-bond acceptors (Lipinski definition) is 7. The minimum absolute atomic E-state index is 0.0317. The van der Waals surface area contributed by atoms with Crippen molar-refractivity contribution in [1.82, 2.24) is 10.4 Å². The third kappa shape index (κ3) is 4.78. The number of amides is 3. The molecular formula is C15H16N2O7. The van der Waals surface area contributed by atoms with Gasteiger partial charge in [-0.15, -0.1) is 5.06 Å². The van der Waals surface area contributed by atoms with Crippen molar-refractivity contribution < 1.29 is 33.9 Å². The summed E-state index contributed by atoms with van der Waals surface area (Å²) in [6.45, 7) is -0.452. The fourth-order valence-corrected chi connectivity index (χ4v) is 1.85. The van der Waals surface area contributed by atoms with Gasteiger partial charge in [0.05, 0.1) is 6.54 Å². The Hall–Kier alpha value is -2.94. The molecule has 1 fully saturated rings. The number of aliphatic hydroxyl groups excluding tert-OH is 1. The van der Waals surface area contributed by atoms with E-state index in [0.29, 0.717) is 5.06 Å². The number of alkyl carbamates (subject to hydrolysis) is 1. The van der Waals surface area contributed by atoms with E-state index in [9.17, 15) is 24.3 Å². The molecular weight excluding hydrogens is 320 g/mol. The zero-order valence-electron chi connectivity index (χ0n) is 12.6. The van der Waals surface area contributed by atoms with Crippen LogP contribution in [0, 0.1) is 0 Å². The van der Waals surface area contributed by atoms with Crippen molar-refractivity contribution >= 4 is 23.9 Å². The van der Waals surface area contributed by atoms with Gasteiger partial charge in [0.1, 0.15) is 6.61 Å². The third-order valence-corrected chi connectivity index (χ3v) is 3.11. The molecule has 2 rings (SSSR count). The molecule has 0 bridgehead atoms. The van der Waals surface area contributed by atoms with Crippen LogP contribution in [0.15, 0.2) is 30.3 Å². The largest absolute Gasteiger partial charge is 0.445 e. The summed E-state index contributed by atoms with van der Waals surface area (Å²) >= 11 is 0. The molecule has 0 radical (unpaired) electrons. The number of carbonyl (C=O) groups excluding carboxylic acids is 4. The first-order chi connectivity index (χ1) is 11.5. The number of carbonyl (C=O) groups is 4. The van der Waals surface area contributed by atoms with Crippen LogP contribution in [-0.4, -0.2) is 46.7 Å². The lowest BCUT2D eigenvalue weighted by Gasteiger charge is -2.16. The fourth-order valence-electron chi connectivity index (χ4n) is 1.85. The molecule has 9 nitrogen and oxygen atoms in total. The van der Waals surface area contributed by atoms with E-state index in [2.05, 4.69) is 10.2 Å². The number of nitrogens with zero attached hydrogens (tertiary/aromatic N) is 1. The van der Waals surface area contributed by atoms with Crippen LogP contribution < -0.4 is 5.32 Å². The third-order valence-electron chi connectivity index (χ3n) is 3.11. The Balaban J connectivity index is 1.70. The summed E-state index contributed by atoms with van der Waals surface area (Å²) in [5.41, 5.74) is 0.777. The summed E-state index contributed by atoms with van der Waals surface area (Å²) in [5.74, 6) is -2.53. The first kappa shape index (κ1) is 17.4. The maximum absolute atomic E-state index is 11.6. The Kier molecular flexibility index (Phi) is 5.85. The van der Waals surface area contributed by atoms with Crippen LogP contribution in [0.5, 0.6) is 0 Å². The molecule has 1 saturated heterocycles. The van der Waals surface area contributed by atoms with Crippen LogP contribution >= 0.6 is 0 Å². The number of nitrogens with one attached hydrogen (secondary N) is 1. The number of hydroxylamine groups is 2. The summed E-state index contributed by atoms with van der Waals surface area (Å²) < 4.78 is 4.89. The number of hydrogen-bond donors (Lipinski definition) is 2. The van der Waals surface area contributed by atoms with Gasteiger partial charge >= 0.3 is 12.1 Å². The lowest BCUT2D eigenvalue weighted by Crippen LogP contribution is -2.42. The number of imide groups is 1. The lowest BCUT2D eigenvalue weighted by molar-refractivity contribution is -0.203. The van der Waals surface area contributed by atoms with Crippen molar-refractivity contribution in [1.29, 1.82) is 0 Å². The van der Waals surface area contributed by atoms with E-state index >= 15 is 0 Å². The first-order valence-electron chi connectivity index (χ1n) is 7.17. The van der Waals surface area contributed by atoms with Crippen LogP contribution in [0.25, 0.3) is 0 Å². The molecule has 0 unspecified atom stereocenters. The quantitative estimate of drug-likeness (QED) is 0.694. The fraction of sp³-hybridized carbons (Fsp3) is 0.333. The summed E-state index contributed by atoms with van der Waals surface area (Å²) in [5, 5.41) is 12.1. The molecule has 128 valence electrons. The highest BCUT2D eigenvalue weighted by Gasteiger charge is 2.34. The second-order valence-electron chi connectivity index (χ2n) is 4.95. The molecule has 0 aromatic heterocycles. The number of aliphatic hydroxyl groups is 1. The van der Waals surface area contributed by atoms with E-state index in [4.69, 9.17) is 4.74 Å². The second-order valence-corrected chi connectivity index (χ2v) is 4.95. The molecule has 1 atom stereocenters. The Morgan fingerprint density at radius 2 is 1.79 bits per heavy atom. The van der Waals surface area contributed by atoms with Crippen LogP contribution in [0.2, 0.25) is 0 Å². The van der Waals surface area contributed by atoms with Crippen molar-refractivity contribution in [3.05, 3.63) is 35.9 Å². The number of rotatable bonds is 6. The second kappa shape index (κ2) is 8.06. The van der Waals surface area contributed by atoms with Crippen LogP contribution in [0.4, 0.5) is 4.79 Å². The maximum atomic E-state index is 11.6. The summed E-state index contributed by atoms with van der Waals surface area (Å²) in [7, 11) is 0. The predicted molar refractivity (Wildman–Crippen MR) is 77.8 cm³/mol. The molecule has 1 heterocycles. The zero-order chi connectivity index (χ0) is 17.5. The molecule has 1 aliphatic heterocycles. The monoisotopic (exact) mass is 336 g/mol. The predicted octanol–water partition coefficient (Wildman–Crippen LogP) is -0.119. The average Bonchev–Trinajstić information content (AvgIpc) is 2.90. The highest BCUT2D eigenvalue weighted by Crippen LogP contribution is 2.12. The van der Waals surface area contributed by atoms with Crippen LogP contribution in [0.1, 0.15) is 18.4 Å². The summed E-state index contributed by atoms with van der Waals surface area (Å²) in [6.07, 6.45) is -2.67. The van der Waals surface area contributed by atoms with Gasteiger partial charge < -0.3 is 20.0 Å². The van der Waals surface area contributed by atoms with E-state index < -0.39 is 36.5 Å². The van der Waals surface area contributed by atoms with Crippen LogP contribution in [0.3, 0.4) is 0 Å². The molecule has 1 aliphatic rings. The molecule has 1 aromatic carbocycles. The van der Waals surface area contributed by atoms with Gasteiger partial charge in [-0.25, -0.2) is 9.59 Å². The zero-order valence-corrected chi connectivity index (χ0v) is 12.6. The van der Waals surface area contributed by atoms with Gasteiger partial charge in [-0.1, -0.05) is 30.3 Å². The molecule has 9 heteroatoms. The smallest absolute Gasteiger partial charge is 0.407 e. The van der Waals surface area contributed by atoms with Gasteiger partial charge in [0.25, 0.3) is 11.8 Å². The molecule has 1 aromatic rings. The van der Waals surface area contributed by atoms with Crippen molar-refractivity contribution in [2.45, 2.75) is 25.6 Å². The Morgan fingerprint density at radius 1 is 1.17 bits per heavy atom. The van der Waals surface area contributed by atoms with Gasteiger partial charge in [-0.3, -0.25) is 9.59 Å². The molecule has 0 saturated carbocycles. The number of benzene rings is 1. The molecule has 0 aliphatic carbocycles. The van der Waals surface area contributed by atoms with Gasteiger partial charge in [-0.05, 0) is 5.56 Å². The Morgan fingerprint density at radius 3 is 2.42 bits per heavy atom. The van der Waals surface area contributed by atoms with E-state index in [1.54, 1.807) is 24.3 Å². The van der Waals surface area contributed by atoms with Crippen molar-refractivity contribution in [3.8, 4) is 0 Å². The highest BCUT2D eigenvalue weighted by atomic mass is 16.7. The molecule has 0 spiro atoms. The lowest BCUT2D eigenvalue weighted by atomic mass is 10.2. The average molecular weight is 336 g/mol. The highest BCUT2D eigenvalue weighted by molar-refractivity contribution is 6.01. The van der Waals surface area contributed by atoms with Gasteiger partial charge in [-0.2, -0.15) is 0 Å². The van der Waals surface area contributed by atoms with Gasteiger partial charge in [0.2, 0.25) is 0 Å². The molecule has 24 heavy (non-hydrogen) atoms. The van der Waals surface area contributed by atoms with E-state index in [1.807, 2.05) is 6.07 Å². The van der Waals surface area contributed by atoms with Crippen molar-refractivity contribution in [2.75, 3.05) is 6.54 Å². The first-order valence-corrected chi connectivity index (χ1v) is 7.17. The molecule has 2 N–H and O–H groups in total. The summed E-state index contributed by atoms with van der Waals surface area (Å²) in [4.78, 5) is 50.1. The van der Waals surface area contributed by atoms with Gasteiger partial charge in [0, 0.05) is 12.8 Å². The minimum atomic E-state index is -1.74. The SMILES string of the molecule is O=C(NC[C@H](O)C(=O)ON1C(=O)CCC1=O)OCc1ccccc1. The number of ether oxygens (including phenoxy) is 1. The maximum Gasteiger partial charge on any atom is 0.407 e. The van der Waals surface area contributed by atoms with E-state index in [-0.39, 0.29) is 19.4 Å². The summed E-state index contributed by atoms with van der Waals surface area (Å²) in [6, 6.07) is 8.93. The normalized spacial score (nSPS) is 15.1. The van der Waals surface area contributed by atoms with Crippen LogP contribution in [-0.2, 0) is 30.6 Å². The molecule has 3 amide bonds. The minimum Gasteiger partial charge on any atom is -0.445 e. The topological polar surface area (TPSA) is 122 Å². The Labute approximate surface area is 137 Å². The van der Waals surface area contributed by atoms with Crippen molar-refractivity contribution in [2.24, 2.45) is 0 Å². The Bertz CT molecular complexity index is 616. The van der Waals surface area contributed by atoms with Gasteiger partial charge in [0.15, 0.2) is 6.10 Å². The standard InChI is InChI=1S/C15H16N2O7/c18-11(14(21)24-17-12(19)6-7-13(17)20)8-16-15(22)23-9-10-4-2-1-3-5-10/h1-5,11,18H,6-9H2,(H,16,22)/t11-/m0/s1. The van der Waals surface area contributed by atoms with Crippen molar-refractivity contribution in [3.63, 3.8) is 0 Å². The van der Waals surface area contributed by atoms with E-state index in [0.717, 1.165) is 5.56 Å². The van der Waals surface area contributed by atoms with E-state index in [1.165, 1.54) is 0 Å².